The first-order valence-electron chi connectivity index (χ1n) is 7.07. The quantitative estimate of drug-likeness (QED) is 0.797. The lowest BCUT2D eigenvalue weighted by Gasteiger charge is -2.27. The highest BCUT2D eigenvalue weighted by Gasteiger charge is 2.14. The van der Waals surface area contributed by atoms with Crippen molar-refractivity contribution < 1.29 is 0 Å². The van der Waals surface area contributed by atoms with Gasteiger partial charge in [0.15, 0.2) is 0 Å². The summed E-state index contributed by atoms with van der Waals surface area (Å²) in [5, 5.41) is 0.294. The van der Waals surface area contributed by atoms with E-state index in [0.717, 1.165) is 25.5 Å². The lowest BCUT2D eigenvalue weighted by Crippen LogP contribution is -2.36. The molecular formula is C14H22ClN3O. The normalized spacial score (nSPS) is 17.1. The molecule has 1 saturated heterocycles. The topological polar surface area (TPSA) is 38.1 Å². The smallest absolute Gasteiger partial charge is 0.255 e. The molecular weight excluding hydrogens is 262 g/mol. The number of rotatable bonds is 4. The molecule has 0 saturated carbocycles. The Labute approximate surface area is 119 Å². The molecule has 2 heterocycles. The Hall–Kier alpha value is -0.870. The molecule has 2 rings (SSSR count). The summed E-state index contributed by atoms with van der Waals surface area (Å²) >= 11 is 5.88. The zero-order valence-corrected chi connectivity index (χ0v) is 12.5. The van der Waals surface area contributed by atoms with Gasteiger partial charge in [0.25, 0.3) is 5.56 Å². The van der Waals surface area contributed by atoms with Crippen molar-refractivity contribution in [2.24, 2.45) is 0 Å². The number of likely N-dealkylation sites (tertiary alicyclic amines) is 1. The molecule has 5 heteroatoms. The van der Waals surface area contributed by atoms with Crippen LogP contribution >= 0.6 is 11.6 Å². The van der Waals surface area contributed by atoms with Gasteiger partial charge in [-0.3, -0.25) is 9.36 Å². The van der Waals surface area contributed by atoms with Crippen LogP contribution in [0.5, 0.6) is 0 Å². The molecule has 1 aromatic heterocycles. The Kier molecular flexibility index (Phi) is 4.99. The summed E-state index contributed by atoms with van der Waals surface area (Å²) in [6.07, 6.45) is 3.87. The molecule has 0 N–H and O–H groups in total. The van der Waals surface area contributed by atoms with E-state index in [0.29, 0.717) is 11.7 Å². The number of hydrogen-bond donors (Lipinski definition) is 0. The lowest BCUT2D eigenvalue weighted by molar-refractivity contribution is 0.218. The summed E-state index contributed by atoms with van der Waals surface area (Å²) in [5.41, 5.74) is -0.0410. The fourth-order valence-corrected chi connectivity index (χ4v) is 2.76. The molecule has 0 radical (unpaired) electrons. The van der Waals surface area contributed by atoms with E-state index >= 15 is 0 Å². The predicted octanol–water partition coefficient (Wildman–Crippen LogP) is 2.51. The van der Waals surface area contributed by atoms with E-state index in [-0.39, 0.29) is 11.5 Å². The van der Waals surface area contributed by atoms with Gasteiger partial charge in [0.05, 0.1) is 0 Å². The molecule has 4 nitrogen and oxygen atoms in total. The van der Waals surface area contributed by atoms with Crippen molar-refractivity contribution in [3.05, 3.63) is 27.4 Å². The summed E-state index contributed by atoms with van der Waals surface area (Å²) in [5.74, 6) is 0.988. The number of aromatic nitrogens is 2. The van der Waals surface area contributed by atoms with Gasteiger partial charge in [-0.25, -0.2) is 4.98 Å². The van der Waals surface area contributed by atoms with Crippen molar-refractivity contribution in [2.45, 2.75) is 45.6 Å². The second kappa shape index (κ2) is 6.53. The first-order chi connectivity index (χ1) is 9.08. The largest absolute Gasteiger partial charge is 0.302 e. The van der Waals surface area contributed by atoms with E-state index in [1.165, 1.54) is 25.3 Å². The van der Waals surface area contributed by atoms with Gasteiger partial charge in [-0.05, 0) is 25.9 Å². The third kappa shape index (κ3) is 3.80. The third-order valence-corrected chi connectivity index (χ3v) is 3.81. The maximum atomic E-state index is 12.1. The molecule has 0 bridgehead atoms. The van der Waals surface area contributed by atoms with E-state index < -0.39 is 0 Å². The zero-order valence-electron chi connectivity index (χ0n) is 11.7. The SMILES string of the molecule is CC(C)c1nc(Cl)cc(=O)n1CCN1CCCCC1. The van der Waals surface area contributed by atoms with Crippen LogP contribution in [0.2, 0.25) is 5.15 Å². The van der Waals surface area contributed by atoms with Crippen molar-refractivity contribution in [2.75, 3.05) is 19.6 Å². The lowest BCUT2D eigenvalue weighted by atomic mass is 10.1. The molecule has 19 heavy (non-hydrogen) atoms. The monoisotopic (exact) mass is 283 g/mol. The van der Waals surface area contributed by atoms with Crippen LogP contribution in [-0.2, 0) is 6.54 Å². The van der Waals surface area contributed by atoms with Gasteiger partial charge in [-0.15, -0.1) is 0 Å². The molecule has 106 valence electrons. The van der Waals surface area contributed by atoms with Gasteiger partial charge in [0.1, 0.15) is 11.0 Å². The van der Waals surface area contributed by atoms with E-state index in [2.05, 4.69) is 9.88 Å². The van der Waals surface area contributed by atoms with E-state index in [4.69, 9.17) is 11.6 Å². The minimum atomic E-state index is -0.0410. The predicted molar refractivity (Wildman–Crippen MR) is 77.9 cm³/mol. The second-order valence-electron chi connectivity index (χ2n) is 5.48. The standard InChI is InChI=1S/C14H22ClN3O/c1-11(2)14-16-12(15)10-13(19)18(14)9-8-17-6-4-3-5-7-17/h10-11H,3-9H2,1-2H3. The third-order valence-electron chi connectivity index (χ3n) is 3.61. The van der Waals surface area contributed by atoms with Crippen molar-refractivity contribution in [1.29, 1.82) is 0 Å². The first-order valence-corrected chi connectivity index (χ1v) is 7.45. The van der Waals surface area contributed by atoms with Crippen LogP contribution in [0.25, 0.3) is 0 Å². The minimum absolute atomic E-state index is 0.0410. The molecule has 0 spiro atoms. The minimum Gasteiger partial charge on any atom is -0.302 e. The molecule has 1 aliphatic heterocycles. The van der Waals surface area contributed by atoms with Crippen LogP contribution in [0.1, 0.15) is 44.9 Å². The molecule has 0 atom stereocenters. The number of nitrogens with zero attached hydrogens (tertiary/aromatic N) is 3. The van der Waals surface area contributed by atoms with Crippen molar-refractivity contribution in [3.63, 3.8) is 0 Å². The van der Waals surface area contributed by atoms with Gasteiger partial charge in [-0.2, -0.15) is 0 Å². The zero-order chi connectivity index (χ0) is 13.8. The van der Waals surface area contributed by atoms with Crippen molar-refractivity contribution in [3.8, 4) is 0 Å². The average Bonchev–Trinajstić information content (AvgIpc) is 2.38. The van der Waals surface area contributed by atoms with E-state index in [1.54, 1.807) is 4.57 Å². The molecule has 0 aliphatic carbocycles. The van der Waals surface area contributed by atoms with Gasteiger partial charge in [-0.1, -0.05) is 31.9 Å². The molecule has 0 aromatic carbocycles. The fourth-order valence-electron chi connectivity index (χ4n) is 2.58. The molecule has 1 aromatic rings. The number of piperidine rings is 1. The van der Waals surface area contributed by atoms with E-state index in [1.807, 2.05) is 13.8 Å². The van der Waals surface area contributed by atoms with E-state index in [9.17, 15) is 4.79 Å². The molecule has 1 fully saturated rings. The molecule has 1 aliphatic rings. The second-order valence-corrected chi connectivity index (χ2v) is 5.87. The van der Waals surface area contributed by atoms with Gasteiger partial charge < -0.3 is 4.90 Å². The number of hydrogen-bond acceptors (Lipinski definition) is 3. The highest BCUT2D eigenvalue weighted by Crippen LogP contribution is 2.13. The highest BCUT2D eigenvalue weighted by molar-refractivity contribution is 6.29. The summed E-state index contributed by atoms with van der Waals surface area (Å²) in [7, 11) is 0. The van der Waals surface area contributed by atoms with Crippen molar-refractivity contribution >= 4 is 11.6 Å². The van der Waals surface area contributed by atoms with Gasteiger partial charge in [0.2, 0.25) is 0 Å². The summed E-state index contributed by atoms with van der Waals surface area (Å²) in [6.45, 7) is 7.99. The summed E-state index contributed by atoms with van der Waals surface area (Å²) in [4.78, 5) is 18.8. The van der Waals surface area contributed by atoms with Crippen LogP contribution in [0, 0.1) is 0 Å². The average molecular weight is 284 g/mol. The summed E-state index contributed by atoms with van der Waals surface area (Å²) < 4.78 is 1.77. The van der Waals surface area contributed by atoms with Crippen LogP contribution in [-0.4, -0.2) is 34.1 Å². The number of halogens is 1. The maximum absolute atomic E-state index is 12.1. The van der Waals surface area contributed by atoms with Crippen molar-refractivity contribution in [1.82, 2.24) is 14.5 Å². The molecule has 0 unspecified atom stereocenters. The van der Waals surface area contributed by atoms with Crippen LogP contribution in [0.4, 0.5) is 0 Å². The van der Waals surface area contributed by atoms with Crippen LogP contribution < -0.4 is 5.56 Å². The Morgan fingerprint density at radius 2 is 1.95 bits per heavy atom. The van der Waals surface area contributed by atoms with Gasteiger partial charge >= 0.3 is 0 Å². The first kappa shape index (κ1) is 14.5. The maximum Gasteiger partial charge on any atom is 0.255 e. The fraction of sp³-hybridized carbons (Fsp3) is 0.714. The Morgan fingerprint density at radius 1 is 1.26 bits per heavy atom. The molecule has 0 amide bonds. The summed E-state index contributed by atoms with van der Waals surface area (Å²) in [6, 6.07) is 1.41. The van der Waals surface area contributed by atoms with Crippen LogP contribution in [0.15, 0.2) is 10.9 Å². The van der Waals surface area contributed by atoms with Gasteiger partial charge in [0, 0.05) is 25.1 Å². The van der Waals surface area contributed by atoms with Crippen LogP contribution in [0.3, 0.4) is 0 Å². The Morgan fingerprint density at radius 3 is 2.58 bits per heavy atom. The highest BCUT2D eigenvalue weighted by atomic mass is 35.5. The Balaban J connectivity index is 2.12. The Bertz CT molecular complexity index is 478.